The van der Waals surface area contributed by atoms with Crippen LogP contribution in [-0.2, 0) is 7.05 Å². The molecule has 1 aliphatic heterocycles. The van der Waals surface area contributed by atoms with Crippen molar-refractivity contribution in [2.75, 3.05) is 18.0 Å². The summed E-state index contributed by atoms with van der Waals surface area (Å²) < 4.78 is 2.63. The molecule has 2 heterocycles. The van der Waals surface area contributed by atoms with Crippen LogP contribution in [0.2, 0.25) is 0 Å². The summed E-state index contributed by atoms with van der Waals surface area (Å²) in [7, 11) is 1.96. The van der Waals surface area contributed by atoms with E-state index >= 15 is 0 Å². The summed E-state index contributed by atoms with van der Waals surface area (Å²) in [5.74, 6) is 1.80. The average molecular weight is 212 g/mol. The van der Waals surface area contributed by atoms with Crippen LogP contribution >= 0.6 is 12.2 Å². The van der Waals surface area contributed by atoms with E-state index in [9.17, 15) is 0 Å². The SMILES string of the molecule is CCC1CCN(c2n[nH]c(=S)n2C)C1. The lowest BCUT2D eigenvalue weighted by Gasteiger charge is -2.16. The second-order valence-corrected chi connectivity index (χ2v) is 4.28. The molecule has 1 aromatic rings. The summed E-state index contributed by atoms with van der Waals surface area (Å²) in [4.78, 5) is 2.31. The smallest absolute Gasteiger partial charge is 0.225 e. The predicted octanol–water partition coefficient (Wildman–Crippen LogP) is 1.71. The topological polar surface area (TPSA) is 36.9 Å². The van der Waals surface area contributed by atoms with Crippen LogP contribution in [0.5, 0.6) is 0 Å². The lowest BCUT2D eigenvalue weighted by atomic mass is 10.1. The van der Waals surface area contributed by atoms with Crippen molar-refractivity contribution in [3.05, 3.63) is 4.77 Å². The standard InChI is InChI=1S/C9H16N4S/c1-3-7-4-5-13(6-7)8-10-11-9(14)12(8)2/h7H,3-6H2,1-2H3,(H,11,14). The first-order valence-electron chi connectivity index (χ1n) is 5.08. The Morgan fingerprint density at radius 2 is 2.43 bits per heavy atom. The van der Waals surface area contributed by atoms with Crippen LogP contribution in [0.1, 0.15) is 19.8 Å². The van der Waals surface area contributed by atoms with Crippen molar-refractivity contribution >= 4 is 18.2 Å². The molecule has 1 saturated heterocycles. The van der Waals surface area contributed by atoms with E-state index in [-0.39, 0.29) is 0 Å². The van der Waals surface area contributed by atoms with Gasteiger partial charge in [-0.05, 0) is 24.6 Å². The molecule has 0 radical (unpaired) electrons. The molecule has 0 aromatic carbocycles. The van der Waals surface area contributed by atoms with Gasteiger partial charge in [0.15, 0.2) is 4.77 Å². The maximum absolute atomic E-state index is 5.09. The summed E-state index contributed by atoms with van der Waals surface area (Å²) in [6.07, 6.45) is 2.53. The lowest BCUT2D eigenvalue weighted by Crippen LogP contribution is -2.22. The second kappa shape index (κ2) is 3.73. The van der Waals surface area contributed by atoms with Gasteiger partial charge in [-0.3, -0.25) is 4.57 Å². The number of hydrogen-bond donors (Lipinski definition) is 1. The number of anilines is 1. The maximum atomic E-state index is 5.09. The number of nitrogens with zero attached hydrogens (tertiary/aromatic N) is 3. The molecule has 1 aromatic heterocycles. The van der Waals surface area contributed by atoms with E-state index in [2.05, 4.69) is 22.0 Å². The first kappa shape index (κ1) is 9.71. The summed E-state index contributed by atoms with van der Waals surface area (Å²) in [6.45, 7) is 4.47. The van der Waals surface area contributed by atoms with E-state index in [1.54, 1.807) is 0 Å². The highest BCUT2D eigenvalue weighted by atomic mass is 32.1. The maximum Gasteiger partial charge on any atom is 0.225 e. The molecule has 0 aliphatic carbocycles. The van der Waals surface area contributed by atoms with Gasteiger partial charge in [-0.2, -0.15) is 0 Å². The molecule has 78 valence electrons. The average Bonchev–Trinajstić information content (AvgIpc) is 2.75. The monoisotopic (exact) mass is 212 g/mol. The third-order valence-corrected chi connectivity index (χ3v) is 3.37. The van der Waals surface area contributed by atoms with Crippen molar-refractivity contribution in [2.24, 2.45) is 13.0 Å². The van der Waals surface area contributed by atoms with Crippen LogP contribution in [0.3, 0.4) is 0 Å². The molecular weight excluding hydrogens is 196 g/mol. The fourth-order valence-electron chi connectivity index (χ4n) is 1.97. The van der Waals surface area contributed by atoms with Gasteiger partial charge in [-0.15, -0.1) is 5.10 Å². The first-order valence-corrected chi connectivity index (χ1v) is 5.49. The predicted molar refractivity (Wildman–Crippen MR) is 59.0 cm³/mol. The quantitative estimate of drug-likeness (QED) is 0.758. The lowest BCUT2D eigenvalue weighted by molar-refractivity contribution is 0.567. The fraction of sp³-hybridized carbons (Fsp3) is 0.778. The van der Waals surface area contributed by atoms with E-state index < -0.39 is 0 Å². The molecule has 0 amide bonds. The van der Waals surface area contributed by atoms with Crippen molar-refractivity contribution in [1.82, 2.24) is 14.8 Å². The second-order valence-electron chi connectivity index (χ2n) is 3.90. The van der Waals surface area contributed by atoms with Crippen LogP contribution in [0.4, 0.5) is 5.95 Å². The van der Waals surface area contributed by atoms with Crippen molar-refractivity contribution < 1.29 is 0 Å². The largest absolute Gasteiger partial charge is 0.341 e. The van der Waals surface area contributed by atoms with Crippen LogP contribution in [0.25, 0.3) is 0 Å². The molecule has 0 bridgehead atoms. The van der Waals surface area contributed by atoms with Crippen LogP contribution < -0.4 is 4.90 Å². The Morgan fingerprint density at radius 3 is 2.93 bits per heavy atom. The zero-order chi connectivity index (χ0) is 10.1. The zero-order valence-corrected chi connectivity index (χ0v) is 9.47. The minimum Gasteiger partial charge on any atom is -0.341 e. The molecule has 2 rings (SSSR count). The van der Waals surface area contributed by atoms with Crippen molar-refractivity contribution in [2.45, 2.75) is 19.8 Å². The minimum atomic E-state index is 0.694. The van der Waals surface area contributed by atoms with Crippen LogP contribution in [-0.4, -0.2) is 27.9 Å². The molecule has 4 nitrogen and oxygen atoms in total. The third kappa shape index (κ3) is 1.56. The Labute approximate surface area is 88.9 Å². The molecule has 1 N–H and O–H groups in total. The van der Waals surface area contributed by atoms with Crippen LogP contribution in [0, 0.1) is 10.7 Å². The number of rotatable bonds is 2. The van der Waals surface area contributed by atoms with Gasteiger partial charge in [0, 0.05) is 20.1 Å². The molecule has 5 heteroatoms. The number of aromatic nitrogens is 3. The van der Waals surface area contributed by atoms with E-state index in [1.165, 1.54) is 12.8 Å². The summed E-state index contributed by atoms with van der Waals surface area (Å²) >= 11 is 5.09. The molecule has 0 saturated carbocycles. The molecule has 14 heavy (non-hydrogen) atoms. The van der Waals surface area contributed by atoms with Crippen molar-refractivity contribution in [1.29, 1.82) is 0 Å². The van der Waals surface area contributed by atoms with Crippen LogP contribution in [0.15, 0.2) is 0 Å². The van der Waals surface area contributed by atoms with E-state index in [1.807, 2.05) is 11.6 Å². The molecule has 1 unspecified atom stereocenters. The summed E-state index contributed by atoms with van der Waals surface area (Å²) in [6, 6.07) is 0. The Bertz CT molecular complexity index is 367. The first-order chi connectivity index (χ1) is 6.72. The zero-order valence-electron chi connectivity index (χ0n) is 8.66. The van der Waals surface area contributed by atoms with Gasteiger partial charge in [0.1, 0.15) is 0 Å². The van der Waals surface area contributed by atoms with E-state index in [4.69, 9.17) is 12.2 Å². The van der Waals surface area contributed by atoms with Gasteiger partial charge in [0.2, 0.25) is 5.95 Å². The number of aromatic amines is 1. The number of H-pyrrole nitrogens is 1. The van der Waals surface area contributed by atoms with E-state index in [0.717, 1.165) is 25.0 Å². The van der Waals surface area contributed by atoms with Gasteiger partial charge in [0.25, 0.3) is 0 Å². The van der Waals surface area contributed by atoms with Gasteiger partial charge < -0.3 is 4.90 Å². The third-order valence-electron chi connectivity index (χ3n) is 3.00. The van der Waals surface area contributed by atoms with Gasteiger partial charge >= 0.3 is 0 Å². The highest BCUT2D eigenvalue weighted by Gasteiger charge is 2.23. The highest BCUT2D eigenvalue weighted by molar-refractivity contribution is 7.71. The van der Waals surface area contributed by atoms with Crippen molar-refractivity contribution in [3.63, 3.8) is 0 Å². The highest BCUT2D eigenvalue weighted by Crippen LogP contribution is 2.23. The molecular formula is C9H16N4S. The Kier molecular flexibility index (Phi) is 2.58. The van der Waals surface area contributed by atoms with Crippen molar-refractivity contribution in [3.8, 4) is 0 Å². The molecule has 0 spiro atoms. The Hall–Kier alpha value is -0.840. The minimum absolute atomic E-state index is 0.694. The summed E-state index contributed by atoms with van der Waals surface area (Å²) in [5, 5.41) is 7.06. The van der Waals surface area contributed by atoms with Gasteiger partial charge in [-0.25, -0.2) is 5.10 Å². The van der Waals surface area contributed by atoms with Gasteiger partial charge in [-0.1, -0.05) is 13.3 Å². The molecule has 1 aliphatic rings. The molecule has 1 atom stereocenters. The number of nitrogens with one attached hydrogen (secondary N) is 1. The van der Waals surface area contributed by atoms with E-state index in [0.29, 0.717) is 4.77 Å². The fourth-order valence-corrected chi connectivity index (χ4v) is 2.10. The Morgan fingerprint density at radius 1 is 1.64 bits per heavy atom. The molecule has 1 fully saturated rings. The normalized spacial score (nSPS) is 21.9. The number of hydrogen-bond acceptors (Lipinski definition) is 3. The Balaban J connectivity index is 2.17. The summed E-state index contributed by atoms with van der Waals surface area (Å²) in [5.41, 5.74) is 0. The van der Waals surface area contributed by atoms with Gasteiger partial charge in [0.05, 0.1) is 0 Å².